The molecule has 0 radical (unpaired) electrons. The van der Waals surface area contributed by atoms with E-state index in [0.717, 1.165) is 26.6 Å². The second-order valence-electron chi connectivity index (χ2n) is 4.55. The summed E-state index contributed by atoms with van der Waals surface area (Å²) in [6, 6.07) is 17.7. The average molecular weight is 358 g/mol. The lowest BCUT2D eigenvalue weighted by molar-refractivity contribution is 1.35. The van der Waals surface area contributed by atoms with Crippen molar-refractivity contribution < 1.29 is 0 Å². The van der Waals surface area contributed by atoms with Crippen molar-refractivity contribution in [2.24, 2.45) is 5.73 Å². The topological polar surface area (TPSA) is 50.9 Å². The summed E-state index contributed by atoms with van der Waals surface area (Å²) in [7, 11) is 0. The molecule has 0 atom stereocenters. The highest BCUT2D eigenvalue weighted by atomic mass is 79.9. The van der Waals surface area contributed by atoms with E-state index in [2.05, 4.69) is 26.2 Å². The van der Waals surface area contributed by atoms with Gasteiger partial charge in [0.25, 0.3) is 0 Å². The van der Waals surface area contributed by atoms with Crippen molar-refractivity contribution in [3.63, 3.8) is 0 Å². The Morgan fingerprint density at radius 2 is 1.81 bits per heavy atom. The molecule has 2 aromatic carbocycles. The molecule has 1 aromatic heterocycles. The van der Waals surface area contributed by atoms with Crippen LogP contribution >= 0.6 is 28.1 Å². The number of anilines is 2. The highest BCUT2D eigenvalue weighted by molar-refractivity contribution is 9.10. The smallest absolute Gasteiger partial charge is 0.141 e. The number of thiocarbonyl (C=S) groups is 1. The average Bonchev–Trinajstić information content (AvgIpc) is 2.48. The molecule has 0 saturated heterocycles. The zero-order valence-corrected chi connectivity index (χ0v) is 13.4. The van der Waals surface area contributed by atoms with E-state index in [1.807, 2.05) is 54.6 Å². The number of benzene rings is 2. The van der Waals surface area contributed by atoms with Gasteiger partial charge >= 0.3 is 0 Å². The molecule has 3 rings (SSSR count). The summed E-state index contributed by atoms with van der Waals surface area (Å²) in [5.41, 5.74) is 8.38. The number of nitrogens with two attached hydrogens (primary N) is 1. The molecular formula is C16H12BrN3S. The predicted octanol–water partition coefficient (Wildman–Crippen LogP) is 4.38. The van der Waals surface area contributed by atoms with Gasteiger partial charge in [-0.15, -0.1) is 0 Å². The number of aromatic nitrogens is 1. The third-order valence-corrected chi connectivity index (χ3v) is 4.03. The van der Waals surface area contributed by atoms with E-state index in [0.29, 0.717) is 10.8 Å². The van der Waals surface area contributed by atoms with Gasteiger partial charge in [-0.25, -0.2) is 4.98 Å². The Hall–Kier alpha value is -1.98. The molecule has 5 heteroatoms. The Morgan fingerprint density at radius 1 is 1.10 bits per heavy atom. The fourth-order valence-corrected chi connectivity index (χ4v) is 2.63. The third kappa shape index (κ3) is 2.89. The van der Waals surface area contributed by atoms with Gasteiger partial charge in [0.2, 0.25) is 0 Å². The minimum absolute atomic E-state index is 0.322. The third-order valence-electron chi connectivity index (χ3n) is 3.12. The highest BCUT2D eigenvalue weighted by Crippen LogP contribution is 2.28. The van der Waals surface area contributed by atoms with Crippen LogP contribution in [0.3, 0.4) is 0 Å². The number of nitrogens with zero attached hydrogens (tertiary/aromatic N) is 1. The maximum atomic E-state index is 5.84. The number of rotatable bonds is 3. The first kappa shape index (κ1) is 14.0. The fraction of sp³-hybridized carbons (Fsp3) is 0. The van der Waals surface area contributed by atoms with Gasteiger partial charge in [0.05, 0.1) is 16.8 Å². The van der Waals surface area contributed by atoms with Crippen LogP contribution in [0.15, 0.2) is 59.1 Å². The lowest BCUT2D eigenvalue weighted by atomic mass is 10.1. The van der Waals surface area contributed by atoms with Crippen molar-refractivity contribution in [1.82, 2.24) is 4.98 Å². The van der Waals surface area contributed by atoms with Gasteiger partial charge in [0.15, 0.2) is 0 Å². The minimum atomic E-state index is 0.322. The fourth-order valence-electron chi connectivity index (χ4n) is 2.09. The quantitative estimate of drug-likeness (QED) is 0.683. The molecule has 0 amide bonds. The molecule has 1 heterocycles. The lowest BCUT2D eigenvalue weighted by Crippen LogP contribution is -2.13. The van der Waals surface area contributed by atoms with Crippen LogP contribution in [-0.2, 0) is 0 Å². The molecule has 3 N–H and O–H groups in total. The molecule has 0 aliphatic heterocycles. The normalized spacial score (nSPS) is 10.5. The summed E-state index contributed by atoms with van der Waals surface area (Å²) in [4.78, 5) is 4.96. The molecule has 21 heavy (non-hydrogen) atoms. The van der Waals surface area contributed by atoms with Gasteiger partial charge in [-0.1, -0.05) is 42.5 Å². The van der Waals surface area contributed by atoms with E-state index < -0.39 is 0 Å². The van der Waals surface area contributed by atoms with Crippen LogP contribution in [0.25, 0.3) is 10.9 Å². The van der Waals surface area contributed by atoms with Gasteiger partial charge in [-0.3, -0.25) is 0 Å². The molecule has 0 aliphatic rings. The monoisotopic (exact) mass is 357 g/mol. The second kappa shape index (κ2) is 5.79. The summed E-state index contributed by atoms with van der Waals surface area (Å²) >= 11 is 8.66. The van der Waals surface area contributed by atoms with E-state index >= 15 is 0 Å². The van der Waals surface area contributed by atoms with Crippen molar-refractivity contribution in [3.05, 3.63) is 64.6 Å². The van der Waals surface area contributed by atoms with Crippen molar-refractivity contribution in [3.8, 4) is 0 Å². The Morgan fingerprint density at radius 3 is 2.57 bits per heavy atom. The van der Waals surface area contributed by atoms with Gasteiger partial charge in [-0.2, -0.15) is 0 Å². The minimum Gasteiger partial charge on any atom is -0.389 e. The summed E-state index contributed by atoms with van der Waals surface area (Å²) in [5, 5.41) is 4.30. The maximum Gasteiger partial charge on any atom is 0.141 e. The number of halogens is 1. The number of fused-ring (bicyclic) bond motifs is 1. The number of hydrogen-bond donors (Lipinski definition) is 2. The second-order valence-corrected chi connectivity index (χ2v) is 5.84. The summed E-state index contributed by atoms with van der Waals surface area (Å²) in [5.74, 6) is 0.660. The molecule has 0 saturated carbocycles. The molecule has 0 fully saturated rings. The largest absolute Gasteiger partial charge is 0.389 e. The zero-order valence-electron chi connectivity index (χ0n) is 11.0. The van der Waals surface area contributed by atoms with Crippen LogP contribution in [0, 0.1) is 0 Å². The standard InChI is InChI=1S/C16H12BrN3S/c17-12-6-2-4-8-14(12)20-16-11(15(18)21)9-10-5-1-3-7-13(10)19-16/h1-9H,(H2,18,21)(H,19,20). The first-order valence-corrected chi connectivity index (χ1v) is 7.56. The zero-order chi connectivity index (χ0) is 14.8. The number of hydrogen-bond acceptors (Lipinski definition) is 3. The van der Waals surface area contributed by atoms with Crippen LogP contribution in [-0.4, -0.2) is 9.97 Å². The molecule has 0 spiro atoms. The number of pyridine rings is 1. The van der Waals surface area contributed by atoms with Gasteiger partial charge in [0.1, 0.15) is 10.8 Å². The van der Waals surface area contributed by atoms with Crippen LogP contribution < -0.4 is 11.1 Å². The summed E-state index contributed by atoms with van der Waals surface area (Å²) in [6.07, 6.45) is 0. The lowest BCUT2D eigenvalue weighted by Gasteiger charge is -2.13. The summed E-state index contributed by atoms with van der Waals surface area (Å²) in [6.45, 7) is 0. The number of para-hydroxylation sites is 2. The van der Waals surface area contributed by atoms with Crippen LogP contribution in [0.2, 0.25) is 0 Å². The van der Waals surface area contributed by atoms with E-state index in [4.69, 9.17) is 18.0 Å². The van der Waals surface area contributed by atoms with Gasteiger partial charge < -0.3 is 11.1 Å². The van der Waals surface area contributed by atoms with E-state index in [9.17, 15) is 0 Å². The Balaban J connectivity index is 2.14. The van der Waals surface area contributed by atoms with E-state index in [1.54, 1.807) is 0 Å². The molecular weight excluding hydrogens is 346 g/mol. The Labute approximate surface area is 136 Å². The van der Waals surface area contributed by atoms with Crippen molar-refractivity contribution in [1.29, 1.82) is 0 Å². The highest BCUT2D eigenvalue weighted by Gasteiger charge is 2.10. The molecule has 3 nitrogen and oxygen atoms in total. The molecule has 3 aromatic rings. The van der Waals surface area contributed by atoms with Crippen molar-refractivity contribution >= 4 is 55.5 Å². The maximum absolute atomic E-state index is 5.84. The Kier molecular flexibility index (Phi) is 3.86. The van der Waals surface area contributed by atoms with Gasteiger partial charge in [0, 0.05) is 9.86 Å². The Bertz CT molecular complexity index is 833. The molecule has 0 bridgehead atoms. The van der Waals surface area contributed by atoms with E-state index in [-0.39, 0.29) is 0 Å². The first-order valence-electron chi connectivity index (χ1n) is 6.36. The van der Waals surface area contributed by atoms with Crippen LogP contribution in [0.5, 0.6) is 0 Å². The molecule has 104 valence electrons. The van der Waals surface area contributed by atoms with Gasteiger partial charge in [-0.05, 0) is 40.2 Å². The summed E-state index contributed by atoms with van der Waals surface area (Å²) < 4.78 is 0.953. The van der Waals surface area contributed by atoms with Crippen LogP contribution in [0.4, 0.5) is 11.5 Å². The van der Waals surface area contributed by atoms with Crippen LogP contribution in [0.1, 0.15) is 5.56 Å². The number of nitrogens with one attached hydrogen (secondary N) is 1. The molecule has 0 unspecified atom stereocenters. The SMILES string of the molecule is NC(=S)c1cc2ccccc2nc1Nc1ccccc1Br. The van der Waals surface area contributed by atoms with Crippen molar-refractivity contribution in [2.45, 2.75) is 0 Å². The first-order chi connectivity index (χ1) is 10.1. The predicted molar refractivity (Wildman–Crippen MR) is 95.1 cm³/mol. The van der Waals surface area contributed by atoms with E-state index in [1.165, 1.54) is 0 Å². The molecule has 0 aliphatic carbocycles. The van der Waals surface area contributed by atoms with Crippen molar-refractivity contribution in [2.75, 3.05) is 5.32 Å².